The largest absolute Gasteiger partial charge is 0.495 e. The standard InChI is InChI=1S/C23H30ClN3O6S/c1-16-13-19(21(32-3)15-18(16)24)26-23(28)17-5-6-20(31-2)22(14-17)34(29,30)25-7-4-8-27-9-11-33-12-10-27/h5-6,13-15,25H,4,7-12H2,1-3H3,(H,26,28). The Balaban J connectivity index is 1.73. The lowest BCUT2D eigenvalue weighted by Crippen LogP contribution is -2.38. The van der Waals surface area contributed by atoms with E-state index >= 15 is 0 Å². The lowest BCUT2D eigenvalue weighted by Gasteiger charge is -2.26. The zero-order valence-electron chi connectivity index (χ0n) is 19.5. The summed E-state index contributed by atoms with van der Waals surface area (Å²) in [5.74, 6) is 0.0517. The van der Waals surface area contributed by atoms with Crippen LogP contribution in [0.2, 0.25) is 5.02 Å². The van der Waals surface area contributed by atoms with Gasteiger partial charge in [-0.2, -0.15) is 0 Å². The van der Waals surface area contributed by atoms with E-state index in [4.69, 9.17) is 25.8 Å². The molecule has 1 amide bonds. The van der Waals surface area contributed by atoms with Gasteiger partial charge in [-0.25, -0.2) is 13.1 Å². The summed E-state index contributed by atoms with van der Waals surface area (Å²) in [5.41, 5.74) is 1.34. The van der Waals surface area contributed by atoms with Crippen LogP contribution in [-0.2, 0) is 14.8 Å². The summed E-state index contributed by atoms with van der Waals surface area (Å²) >= 11 is 6.13. The Bertz CT molecular complexity index is 1120. The summed E-state index contributed by atoms with van der Waals surface area (Å²) in [7, 11) is -1.05. The van der Waals surface area contributed by atoms with Gasteiger partial charge in [-0.05, 0) is 49.7 Å². The molecule has 2 aromatic rings. The number of hydrogen-bond donors (Lipinski definition) is 2. The minimum absolute atomic E-state index is 0.103. The van der Waals surface area contributed by atoms with Crippen molar-refractivity contribution in [3.63, 3.8) is 0 Å². The van der Waals surface area contributed by atoms with E-state index in [2.05, 4.69) is 14.9 Å². The highest BCUT2D eigenvalue weighted by molar-refractivity contribution is 7.89. The summed E-state index contributed by atoms with van der Waals surface area (Å²) in [4.78, 5) is 15.1. The molecule has 1 aliphatic rings. The van der Waals surface area contributed by atoms with Gasteiger partial charge in [-0.1, -0.05) is 11.6 Å². The molecule has 0 bridgehead atoms. The minimum Gasteiger partial charge on any atom is -0.495 e. The first-order valence-corrected chi connectivity index (χ1v) is 12.7. The second-order valence-corrected chi connectivity index (χ2v) is 9.97. The van der Waals surface area contributed by atoms with Gasteiger partial charge in [0, 0.05) is 36.3 Å². The molecule has 2 N–H and O–H groups in total. The van der Waals surface area contributed by atoms with Gasteiger partial charge < -0.3 is 19.5 Å². The number of rotatable bonds is 10. The van der Waals surface area contributed by atoms with Gasteiger partial charge >= 0.3 is 0 Å². The highest BCUT2D eigenvalue weighted by Crippen LogP contribution is 2.32. The lowest BCUT2D eigenvalue weighted by molar-refractivity contribution is 0.0376. The Morgan fingerprint density at radius 3 is 2.50 bits per heavy atom. The quantitative estimate of drug-likeness (QED) is 0.472. The lowest BCUT2D eigenvalue weighted by atomic mass is 10.1. The number of anilines is 1. The van der Waals surface area contributed by atoms with E-state index in [9.17, 15) is 13.2 Å². The smallest absolute Gasteiger partial charge is 0.255 e. The molecule has 1 aliphatic heterocycles. The SMILES string of the molecule is COc1cc(Cl)c(C)cc1NC(=O)c1ccc(OC)c(S(=O)(=O)NCCCN2CCOCC2)c1. The molecule has 0 radical (unpaired) electrons. The van der Waals surface area contributed by atoms with Crippen molar-refractivity contribution in [2.75, 3.05) is 58.9 Å². The Kier molecular flexibility index (Phi) is 9.15. The van der Waals surface area contributed by atoms with E-state index in [0.29, 0.717) is 36.1 Å². The van der Waals surface area contributed by atoms with Crippen LogP contribution in [0.3, 0.4) is 0 Å². The third-order valence-corrected chi connectivity index (χ3v) is 7.38. The molecule has 0 unspecified atom stereocenters. The molecular formula is C23H30ClN3O6S. The molecule has 0 spiro atoms. The number of morpholine rings is 1. The number of methoxy groups -OCH3 is 2. The molecule has 1 heterocycles. The van der Waals surface area contributed by atoms with E-state index in [-0.39, 0.29) is 22.8 Å². The minimum atomic E-state index is -3.90. The van der Waals surface area contributed by atoms with E-state index in [1.54, 1.807) is 19.1 Å². The van der Waals surface area contributed by atoms with Gasteiger partial charge in [0.1, 0.15) is 16.4 Å². The number of aryl methyl sites for hydroxylation is 1. The summed E-state index contributed by atoms with van der Waals surface area (Å²) in [6.45, 7) is 5.92. The molecule has 9 nitrogen and oxygen atoms in total. The molecule has 0 aromatic heterocycles. The first kappa shape index (κ1) is 26.2. The molecule has 0 aliphatic carbocycles. The van der Waals surface area contributed by atoms with E-state index in [1.807, 2.05) is 0 Å². The Morgan fingerprint density at radius 2 is 1.82 bits per heavy atom. The first-order valence-electron chi connectivity index (χ1n) is 10.9. The predicted octanol–water partition coefficient (Wildman–Crippen LogP) is 2.92. The van der Waals surface area contributed by atoms with Crippen LogP contribution in [0.4, 0.5) is 5.69 Å². The molecule has 0 saturated carbocycles. The Labute approximate surface area is 205 Å². The number of amides is 1. The van der Waals surface area contributed by atoms with Crippen molar-refractivity contribution in [3.05, 3.63) is 46.5 Å². The van der Waals surface area contributed by atoms with Crippen molar-refractivity contribution in [1.29, 1.82) is 0 Å². The monoisotopic (exact) mass is 511 g/mol. The zero-order chi connectivity index (χ0) is 24.7. The summed E-state index contributed by atoms with van der Waals surface area (Å²) in [6, 6.07) is 7.56. The fourth-order valence-corrected chi connectivity index (χ4v) is 4.98. The van der Waals surface area contributed by atoms with Crippen LogP contribution in [0, 0.1) is 6.92 Å². The van der Waals surface area contributed by atoms with Crippen LogP contribution in [0.15, 0.2) is 35.2 Å². The van der Waals surface area contributed by atoms with Gasteiger partial charge in [-0.3, -0.25) is 9.69 Å². The van der Waals surface area contributed by atoms with Crippen LogP contribution >= 0.6 is 11.6 Å². The van der Waals surface area contributed by atoms with E-state index < -0.39 is 15.9 Å². The number of nitrogens with one attached hydrogen (secondary N) is 2. The number of carbonyl (C=O) groups is 1. The van der Waals surface area contributed by atoms with Gasteiger partial charge in [0.05, 0.1) is 33.1 Å². The molecule has 1 saturated heterocycles. The van der Waals surface area contributed by atoms with Crippen molar-refractivity contribution < 1.29 is 27.4 Å². The Hall–Kier alpha value is -2.37. The number of nitrogens with zero attached hydrogens (tertiary/aromatic N) is 1. The van der Waals surface area contributed by atoms with Crippen LogP contribution in [0.5, 0.6) is 11.5 Å². The van der Waals surface area contributed by atoms with Gasteiger partial charge in [0.25, 0.3) is 5.91 Å². The van der Waals surface area contributed by atoms with Crippen LogP contribution in [0.25, 0.3) is 0 Å². The number of benzene rings is 2. The maximum absolute atomic E-state index is 13.0. The number of ether oxygens (including phenoxy) is 3. The summed E-state index contributed by atoms with van der Waals surface area (Å²) < 4.78 is 44.4. The average Bonchev–Trinajstić information content (AvgIpc) is 2.84. The predicted molar refractivity (Wildman–Crippen MR) is 131 cm³/mol. The fourth-order valence-electron chi connectivity index (χ4n) is 3.56. The third kappa shape index (κ3) is 6.61. The molecule has 0 atom stereocenters. The topological polar surface area (TPSA) is 106 Å². The number of carbonyl (C=O) groups excluding carboxylic acids is 1. The molecule has 34 heavy (non-hydrogen) atoms. The van der Waals surface area contributed by atoms with Crippen LogP contribution < -0.4 is 19.5 Å². The van der Waals surface area contributed by atoms with Crippen LogP contribution in [0.1, 0.15) is 22.3 Å². The van der Waals surface area contributed by atoms with Crippen molar-refractivity contribution in [2.24, 2.45) is 0 Å². The highest BCUT2D eigenvalue weighted by atomic mass is 35.5. The second kappa shape index (κ2) is 11.9. The first-order chi connectivity index (χ1) is 16.2. The molecule has 1 fully saturated rings. The van der Waals surface area contributed by atoms with E-state index in [0.717, 1.165) is 25.2 Å². The average molecular weight is 512 g/mol. The molecule has 186 valence electrons. The van der Waals surface area contributed by atoms with Crippen molar-refractivity contribution in [3.8, 4) is 11.5 Å². The maximum atomic E-state index is 13.0. The van der Waals surface area contributed by atoms with Crippen LogP contribution in [-0.4, -0.2) is 72.8 Å². The van der Waals surface area contributed by atoms with Gasteiger partial charge in [0.2, 0.25) is 10.0 Å². The summed E-state index contributed by atoms with van der Waals surface area (Å²) in [6.07, 6.45) is 0.650. The van der Waals surface area contributed by atoms with E-state index in [1.165, 1.54) is 32.4 Å². The molecule has 2 aromatic carbocycles. The van der Waals surface area contributed by atoms with Crippen molar-refractivity contribution in [1.82, 2.24) is 9.62 Å². The molecule has 3 rings (SSSR count). The van der Waals surface area contributed by atoms with Crippen molar-refractivity contribution in [2.45, 2.75) is 18.2 Å². The highest BCUT2D eigenvalue weighted by Gasteiger charge is 2.22. The Morgan fingerprint density at radius 1 is 1.12 bits per heavy atom. The normalized spacial score (nSPS) is 14.6. The fraction of sp³-hybridized carbons (Fsp3) is 0.435. The summed E-state index contributed by atoms with van der Waals surface area (Å²) in [5, 5.41) is 3.26. The van der Waals surface area contributed by atoms with Crippen molar-refractivity contribution >= 4 is 33.2 Å². The van der Waals surface area contributed by atoms with Gasteiger partial charge in [0.15, 0.2) is 0 Å². The number of halogens is 1. The maximum Gasteiger partial charge on any atom is 0.255 e. The zero-order valence-corrected chi connectivity index (χ0v) is 21.1. The number of hydrogen-bond acceptors (Lipinski definition) is 7. The molecular weight excluding hydrogens is 482 g/mol. The second-order valence-electron chi connectivity index (χ2n) is 7.83. The number of sulfonamides is 1. The van der Waals surface area contributed by atoms with Gasteiger partial charge in [-0.15, -0.1) is 0 Å². The molecule has 11 heteroatoms. The third-order valence-electron chi connectivity index (χ3n) is 5.49.